The Morgan fingerprint density at radius 3 is 2.92 bits per heavy atom. The SMILES string of the molecule is CC1CCc2nc(NS(=O)(=O)CCOCc3ccccc3)sc2C1. The van der Waals surface area contributed by atoms with Gasteiger partial charge >= 0.3 is 0 Å². The number of rotatable bonds is 7. The molecule has 1 unspecified atom stereocenters. The van der Waals surface area contributed by atoms with E-state index in [1.807, 2.05) is 30.3 Å². The number of nitrogens with zero attached hydrogens (tertiary/aromatic N) is 1. The van der Waals surface area contributed by atoms with E-state index in [9.17, 15) is 8.42 Å². The lowest BCUT2D eigenvalue weighted by Crippen LogP contribution is -2.20. The molecular weight excluding hydrogens is 344 g/mol. The van der Waals surface area contributed by atoms with Gasteiger partial charge in [-0.1, -0.05) is 37.3 Å². The number of sulfonamides is 1. The molecule has 1 aliphatic carbocycles. The van der Waals surface area contributed by atoms with E-state index in [1.165, 1.54) is 16.2 Å². The van der Waals surface area contributed by atoms with Crippen molar-refractivity contribution in [1.29, 1.82) is 0 Å². The predicted molar refractivity (Wildman–Crippen MR) is 96.8 cm³/mol. The van der Waals surface area contributed by atoms with Crippen molar-refractivity contribution in [3.63, 3.8) is 0 Å². The summed E-state index contributed by atoms with van der Waals surface area (Å²) in [6.45, 7) is 2.79. The van der Waals surface area contributed by atoms with Gasteiger partial charge in [-0.05, 0) is 30.7 Å². The third-order valence-corrected chi connectivity index (χ3v) is 6.41. The smallest absolute Gasteiger partial charge is 0.236 e. The van der Waals surface area contributed by atoms with Crippen molar-refractivity contribution in [3.05, 3.63) is 46.5 Å². The van der Waals surface area contributed by atoms with E-state index in [1.54, 1.807) is 0 Å². The first-order valence-electron chi connectivity index (χ1n) is 8.12. The van der Waals surface area contributed by atoms with E-state index < -0.39 is 10.0 Å². The number of aryl methyl sites for hydroxylation is 1. The van der Waals surface area contributed by atoms with Gasteiger partial charge in [-0.3, -0.25) is 4.72 Å². The van der Waals surface area contributed by atoms with E-state index in [0.29, 0.717) is 17.7 Å². The Morgan fingerprint density at radius 1 is 1.33 bits per heavy atom. The molecular formula is C17H22N2O3S2. The van der Waals surface area contributed by atoms with Gasteiger partial charge in [0.25, 0.3) is 0 Å². The molecule has 7 heteroatoms. The molecule has 0 bridgehead atoms. The van der Waals surface area contributed by atoms with Gasteiger partial charge < -0.3 is 4.74 Å². The number of fused-ring (bicyclic) bond motifs is 1. The lowest BCUT2D eigenvalue weighted by molar-refractivity contribution is 0.135. The highest BCUT2D eigenvalue weighted by Crippen LogP contribution is 2.32. The molecule has 0 saturated heterocycles. The molecule has 5 nitrogen and oxygen atoms in total. The number of benzene rings is 1. The Bertz CT molecular complexity index is 772. The van der Waals surface area contributed by atoms with E-state index in [0.717, 1.165) is 30.5 Å². The van der Waals surface area contributed by atoms with Crippen molar-refractivity contribution in [2.45, 2.75) is 32.8 Å². The van der Waals surface area contributed by atoms with Crippen LogP contribution < -0.4 is 4.72 Å². The largest absolute Gasteiger partial charge is 0.376 e. The minimum absolute atomic E-state index is 0.0690. The number of hydrogen-bond donors (Lipinski definition) is 1. The highest BCUT2D eigenvalue weighted by molar-refractivity contribution is 7.92. The first kappa shape index (κ1) is 17.4. The molecule has 1 aromatic carbocycles. The maximum atomic E-state index is 12.2. The number of hydrogen-bond acceptors (Lipinski definition) is 5. The van der Waals surface area contributed by atoms with Gasteiger partial charge in [0.1, 0.15) is 0 Å². The molecule has 24 heavy (non-hydrogen) atoms. The number of thiazole rings is 1. The summed E-state index contributed by atoms with van der Waals surface area (Å²) in [6, 6.07) is 9.71. The van der Waals surface area contributed by atoms with Crippen molar-refractivity contribution in [2.24, 2.45) is 5.92 Å². The molecule has 1 atom stereocenters. The van der Waals surface area contributed by atoms with Crippen LogP contribution in [0.2, 0.25) is 0 Å². The topological polar surface area (TPSA) is 68.3 Å². The fourth-order valence-corrected chi connectivity index (χ4v) is 5.02. The molecule has 0 amide bonds. The van der Waals surface area contributed by atoms with Crippen molar-refractivity contribution in [1.82, 2.24) is 4.98 Å². The summed E-state index contributed by atoms with van der Waals surface area (Å²) >= 11 is 1.46. The van der Waals surface area contributed by atoms with Crippen LogP contribution in [-0.4, -0.2) is 25.8 Å². The van der Waals surface area contributed by atoms with Crippen molar-refractivity contribution in [2.75, 3.05) is 17.1 Å². The van der Waals surface area contributed by atoms with Crippen LogP contribution in [0, 0.1) is 5.92 Å². The predicted octanol–water partition coefficient (Wildman–Crippen LogP) is 3.23. The summed E-state index contributed by atoms with van der Waals surface area (Å²) in [4.78, 5) is 5.65. The van der Waals surface area contributed by atoms with Gasteiger partial charge in [-0.2, -0.15) is 0 Å². The fourth-order valence-electron chi connectivity index (χ4n) is 2.70. The highest BCUT2D eigenvalue weighted by Gasteiger charge is 2.21. The Balaban J connectivity index is 1.49. The second-order valence-corrected chi connectivity index (χ2v) is 9.12. The standard InChI is InChI=1S/C17H22N2O3S2/c1-13-7-8-15-16(11-13)23-17(18-15)19-24(20,21)10-9-22-12-14-5-3-2-4-6-14/h2-6,13H,7-12H2,1H3,(H,18,19). The molecule has 0 fully saturated rings. The molecule has 0 radical (unpaired) electrons. The van der Waals surface area contributed by atoms with E-state index in [2.05, 4.69) is 16.6 Å². The first-order valence-corrected chi connectivity index (χ1v) is 10.6. The molecule has 1 N–H and O–H groups in total. The van der Waals surface area contributed by atoms with E-state index in [4.69, 9.17) is 4.74 Å². The van der Waals surface area contributed by atoms with Crippen LogP contribution in [0.1, 0.15) is 29.5 Å². The van der Waals surface area contributed by atoms with Crippen LogP contribution in [0.4, 0.5) is 5.13 Å². The maximum Gasteiger partial charge on any atom is 0.236 e. The van der Waals surface area contributed by atoms with Crippen molar-refractivity contribution >= 4 is 26.5 Å². The molecule has 1 heterocycles. The quantitative estimate of drug-likeness (QED) is 0.764. The van der Waals surface area contributed by atoms with Crippen LogP contribution in [0.25, 0.3) is 0 Å². The zero-order valence-electron chi connectivity index (χ0n) is 13.7. The minimum Gasteiger partial charge on any atom is -0.376 e. The van der Waals surface area contributed by atoms with Crippen LogP contribution in [0.5, 0.6) is 0 Å². The fraction of sp³-hybridized carbons (Fsp3) is 0.471. The molecule has 1 aromatic heterocycles. The Hall–Kier alpha value is -1.44. The van der Waals surface area contributed by atoms with Crippen molar-refractivity contribution in [3.8, 4) is 0 Å². The van der Waals surface area contributed by atoms with Crippen LogP contribution in [0.3, 0.4) is 0 Å². The van der Waals surface area contributed by atoms with Crippen LogP contribution in [-0.2, 0) is 34.2 Å². The average Bonchev–Trinajstić information content (AvgIpc) is 2.93. The molecule has 2 aromatic rings. The Kier molecular flexibility index (Phi) is 5.53. The van der Waals surface area contributed by atoms with Crippen LogP contribution >= 0.6 is 11.3 Å². The summed E-state index contributed by atoms with van der Waals surface area (Å²) in [6.07, 6.45) is 3.06. The average molecular weight is 367 g/mol. The third-order valence-electron chi connectivity index (χ3n) is 4.04. The monoisotopic (exact) mass is 366 g/mol. The third kappa shape index (κ3) is 4.78. The van der Waals surface area contributed by atoms with Gasteiger partial charge in [0, 0.05) is 4.88 Å². The van der Waals surface area contributed by atoms with E-state index in [-0.39, 0.29) is 12.4 Å². The van der Waals surface area contributed by atoms with E-state index >= 15 is 0 Å². The second kappa shape index (κ2) is 7.63. The lowest BCUT2D eigenvalue weighted by atomic mass is 9.93. The molecule has 1 aliphatic rings. The minimum atomic E-state index is -3.43. The molecule has 3 rings (SSSR count). The maximum absolute atomic E-state index is 12.2. The number of aromatic nitrogens is 1. The summed E-state index contributed by atoms with van der Waals surface area (Å²) in [7, 11) is -3.43. The van der Waals surface area contributed by atoms with Crippen LogP contribution in [0.15, 0.2) is 30.3 Å². The summed E-state index contributed by atoms with van der Waals surface area (Å²) in [5.41, 5.74) is 2.08. The van der Waals surface area contributed by atoms with Crippen molar-refractivity contribution < 1.29 is 13.2 Å². The zero-order valence-corrected chi connectivity index (χ0v) is 15.3. The van der Waals surface area contributed by atoms with Gasteiger partial charge in [-0.25, -0.2) is 13.4 Å². The first-order chi connectivity index (χ1) is 11.5. The molecule has 130 valence electrons. The van der Waals surface area contributed by atoms with Gasteiger partial charge in [0.2, 0.25) is 10.0 Å². The normalized spacial score (nSPS) is 17.5. The number of ether oxygens (including phenoxy) is 1. The number of nitrogens with one attached hydrogen (secondary N) is 1. The summed E-state index contributed by atoms with van der Waals surface area (Å²) in [5.74, 6) is 0.578. The summed E-state index contributed by atoms with van der Waals surface area (Å²) < 4.78 is 32.4. The molecule has 0 saturated carbocycles. The lowest BCUT2D eigenvalue weighted by Gasteiger charge is -2.15. The van der Waals surface area contributed by atoms with Gasteiger partial charge in [0.05, 0.1) is 24.7 Å². The zero-order chi connectivity index (χ0) is 17.0. The Labute approximate surface area is 147 Å². The summed E-state index contributed by atoms with van der Waals surface area (Å²) in [5, 5.41) is 0.483. The van der Waals surface area contributed by atoms with Gasteiger partial charge in [0.15, 0.2) is 5.13 Å². The Morgan fingerprint density at radius 2 is 2.12 bits per heavy atom. The second-order valence-electron chi connectivity index (χ2n) is 6.20. The molecule has 0 spiro atoms. The van der Waals surface area contributed by atoms with Gasteiger partial charge in [-0.15, -0.1) is 11.3 Å². The molecule has 0 aliphatic heterocycles. The highest BCUT2D eigenvalue weighted by atomic mass is 32.2. The number of anilines is 1.